The van der Waals surface area contributed by atoms with Crippen molar-refractivity contribution in [2.75, 3.05) is 0 Å². The molecule has 0 N–H and O–H groups in total. The fourth-order valence-electron chi connectivity index (χ4n) is 1.65. The van der Waals surface area contributed by atoms with Gasteiger partial charge in [0.05, 0.1) is 5.71 Å². The molecule has 1 aromatic rings. The van der Waals surface area contributed by atoms with E-state index in [4.69, 9.17) is 0 Å². The highest BCUT2D eigenvalue weighted by atomic mass is 16.7. The van der Waals surface area contributed by atoms with Crippen LogP contribution in [0.2, 0.25) is 0 Å². The second-order valence-corrected chi connectivity index (χ2v) is 4.42. The monoisotopic (exact) mass is 271 g/mol. The number of benzene rings is 1. The van der Waals surface area contributed by atoms with Crippen LogP contribution >= 0.6 is 0 Å². The van der Waals surface area contributed by atoms with Gasteiger partial charge >= 0.3 is 5.97 Å². The van der Waals surface area contributed by atoms with Crippen molar-refractivity contribution in [2.45, 2.75) is 32.6 Å². The van der Waals surface area contributed by atoms with Gasteiger partial charge in [-0.25, -0.2) is 4.79 Å². The highest BCUT2D eigenvalue weighted by molar-refractivity contribution is 5.94. The number of hydrogen-bond donors (Lipinski definition) is 0. The highest BCUT2D eigenvalue weighted by Gasteiger charge is 1.97. The van der Waals surface area contributed by atoms with Gasteiger partial charge in [-0.05, 0) is 37.3 Å². The van der Waals surface area contributed by atoms with Crippen LogP contribution in [-0.4, -0.2) is 11.7 Å². The number of aryl methyl sites for hydroxylation is 1. The molecule has 1 aromatic carbocycles. The largest absolute Gasteiger partial charge is 0.331 e. The summed E-state index contributed by atoms with van der Waals surface area (Å²) in [5.41, 5.74) is 2.06. The molecule has 0 aromatic heterocycles. The zero-order valence-electron chi connectivity index (χ0n) is 11.9. The molecule has 0 unspecified atom stereocenters. The van der Waals surface area contributed by atoms with Gasteiger partial charge in [0.25, 0.3) is 0 Å². The van der Waals surface area contributed by atoms with Crippen molar-refractivity contribution in [3.8, 4) is 0 Å². The number of carbonyl (C=O) groups excluding carboxylic acids is 1. The lowest BCUT2D eigenvalue weighted by Crippen LogP contribution is -1.99. The lowest BCUT2D eigenvalue weighted by atomic mass is 10.1. The Morgan fingerprint density at radius 1 is 1.30 bits per heavy atom. The summed E-state index contributed by atoms with van der Waals surface area (Å²) < 4.78 is 0. The van der Waals surface area contributed by atoms with Gasteiger partial charge in [-0.3, -0.25) is 0 Å². The van der Waals surface area contributed by atoms with Crippen LogP contribution in [0.15, 0.2) is 60.3 Å². The Labute approximate surface area is 120 Å². The van der Waals surface area contributed by atoms with Crippen molar-refractivity contribution in [2.24, 2.45) is 5.16 Å². The number of nitrogens with zero attached hydrogens (tertiary/aromatic N) is 1. The summed E-state index contributed by atoms with van der Waals surface area (Å²) in [7, 11) is 0. The number of oxime groups is 1. The standard InChI is InChI=1S/C17H21NO2/c1-3-4-13-17(18-20-15(2)19)14-9-8-12-16-10-6-5-7-11-16/h3,5-7,9-11,14H,1,4,8,12-13H2,2H3/b14-9+,18-17+. The second kappa shape index (κ2) is 9.73. The average molecular weight is 271 g/mol. The fraction of sp³-hybridized carbons (Fsp3) is 0.294. The van der Waals surface area contributed by atoms with E-state index < -0.39 is 5.97 Å². The van der Waals surface area contributed by atoms with Crippen molar-refractivity contribution in [1.29, 1.82) is 0 Å². The summed E-state index contributed by atoms with van der Waals surface area (Å²) in [4.78, 5) is 15.4. The second-order valence-electron chi connectivity index (χ2n) is 4.42. The Hall–Kier alpha value is -2.16. The number of rotatable bonds is 8. The van der Waals surface area contributed by atoms with Crippen LogP contribution in [0.5, 0.6) is 0 Å². The molecule has 0 atom stereocenters. The normalized spacial score (nSPS) is 11.6. The predicted octanol–water partition coefficient (Wildman–Crippen LogP) is 4.06. The molecular weight excluding hydrogens is 250 g/mol. The molecular formula is C17H21NO2. The Morgan fingerprint density at radius 2 is 2.05 bits per heavy atom. The SMILES string of the molecule is C=CCCC(/C=C/CCc1ccccc1)=N\OC(C)=O. The van der Waals surface area contributed by atoms with E-state index in [2.05, 4.69) is 34.8 Å². The predicted molar refractivity (Wildman–Crippen MR) is 82.5 cm³/mol. The minimum absolute atomic E-state index is 0.404. The van der Waals surface area contributed by atoms with Gasteiger partial charge in [0.2, 0.25) is 0 Å². The van der Waals surface area contributed by atoms with Crippen molar-refractivity contribution in [1.82, 2.24) is 0 Å². The molecule has 0 aliphatic heterocycles. The van der Waals surface area contributed by atoms with Gasteiger partial charge in [0, 0.05) is 6.92 Å². The molecule has 3 heteroatoms. The van der Waals surface area contributed by atoms with Gasteiger partial charge in [0.15, 0.2) is 0 Å². The summed E-state index contributed by atoms with van der Waals surface area (Å²) in [6.45, 7) is 5.02. The molecule has 0 radical (unpaired) electrons. The number of hydrogen-bond acceptors (Lipinski definition) is 3. The summed E-state index contributed by atoms with van der Waals surface area (Å²) >= 11 is 0. The molecule has 20 heavy (non-hydrogen) atoms. The fourth-order valence-corrected chi connectivity index (χ4v) is 1.65. The molecule has 0 saturated heterocycles. The minimum atomic E-state index is -0.404. The third-order valence-electron chi connectivity index (χ3n) is 2.65. The van der Waals surface area contributed by atoms with E-state index in [0.29, 0.717) is 0 Å². The lowest BCUT2D eigenvalue weighted by molar-refractivity contribution is -0.140. The molecule has 3 nitrogen and oxygen atoms in total. The summed E-state index contributed by atoms with van der Waals surface area (Å²) in [5.74, 6) is -0.404. The van der Waals surface area contributed by atoms with Crippen LogP contribution in [0.4, 0.5) is 0 Å². The van der Waals surface area contributed by atoms with Crippen LogP contribution < -0.4 is 0 Å². The smallest absolute Gasteiger partial charge is 0.318 e. The van der Waals surface area contributed by atoms with Crippen LogP contribution in [0.1, 0.15) is 31.7 Å². The Kier molecular flexibility index (Phi) is 7.73. The first-order chi connectivity index (χ1) is 9.72. The molecule has 0 saturated carbocycles. The van der Waals surface area contributed by atoms with Gasteiger partial charge in [0.1, 0.15) is 0 Å². The summed E-state index contributed by atoms with van der Waals surface area (Å²) in [5, 5.41) is 3.84. The summed E-state index contributed by atoms with van der Waals surface area (Å²) in [6.07, 6.45) is 9.23. The van der Waals surface area contributed by atoms with E-state index in [9.17, 15) is 4.79 Å². The van der Waals surface area contributed by atoms with E-state index in [0.717, 1.165) is 31.4 Å². The first-order valence-corrected chi connectivity index (χ1v) is 6.78. The Bertz CT molecular complexity index is 475. The zero-order valence-corrected chi connectivity index (χ0v) is 11.9. The maximum atomic E-state index is 10.8. The van der Waals surface area contributed by atoms with E-state index in [1.54, 1.807) is 0 Å². The van der Waals surface area contributed by atoms with Crippen LogP contribution in [0, 0.1) is 0 Å². The van der Waals surface area contributed by atoms with Gasteiger partial charge in [-0.15, -0.1) is 6.58 Å². The lowest BCUT2D eigenvalue weighted by Gasteiger charge is -1.99. The van der Waals surface area contributed by atoms with Crippen molar-refractivity contribution in [3.63, 3.8) is 0 Å². The minimum Gasteiger partial charge on any atom is -0.318 e. The molecule has 0 spiro atoms. The Balaban J connectivity index is 2.46. The Morgan fingerprint density at radius 3 is 2.70 bits per heavy atom. The first-order valence-electron chi connectivity index (χ1n) is 6.78. The van der Waals surface area contributed by atoms with Crippen LogP contribution in [0.3, 0.4) is 0 Å². The molecule has 0 heterocycles. The number of allylic oxidation sites excluding steroid dienone is 3. The van der Waals surface area contributed by atoms with Gasteiger partial charge < -0.3 is 4.84 Å². The molecule has 0 aliphatic rings. The van der Waals surface area contributed by atoms with Gasteiger partial charge in [-0.2, -0.15) is 0 Å². The maximum absolute atomic E-state index is 10.8. The third kappa shape index (κ3) is 7.31. The van der Waals surface area contributed by atoms with Crippen molar-refractivity contribution in [3.05, 3.63) is 60.7 Å². The van der Waals surface area contributed by atoms with Crippen molar-refractivity contribution >= 4 is 11.7 Å². The first kappa shape index (κ1) is 15.9. The average Bonchev–Trinajstić information content (AvgIpc) is 2.46. The quantitative estimate of drug-likeness (QED) is 0.309. The maximum Gasteiger partial charge on any atom is 0.331 e. The molecule has 106 valence electrons. The topological polar surface area (TPSA) is 38.7 Å². The van der Waals surface area contributed by atoms with Crippen LogP contribution in [-0.2, 0) is 16.1 Å². The molecule has 1 rings (SSSR count). The van der Waals surface area contributed by atoms with E-state index in [1.807, 2.05) is 30.4 Å². The molecule has 0 aliphatic carbocycles. The third-order valence-corrected chi connectivity index (χ3v) is 2.65. The number of carbonyl (C=O) groups is 1. The van der Waals surface area contributed by atoms with Gasteiger partial charge in [-0.1, -0.05) is 47.6 Å². The zero-order chi connectivity index (χ0) is 14.6. The van der Waals surface area contributed by atoms with E-state index >= 15 is 0 Å². The molecule has 0 fully saturated rings. The van der Waals surface area contributed by atoms with Crippen LogP contribution in [0.25, 0.3) is 0 Å². The molecule has 0 bridgehead atoms. The highest BCUT2D eigenvalue weighted by Crippen LogP contribution is 2.04. The molecule has 0 amide bonds. The summed E-state index contributed by atoms with van der Waals surface area (Å²) in [6, 6.07) is 10.3. The van der Waals surface area contributed by atoms with E-state index in [1.165, 1.54) is 12.5 Å². The van der Waals surface area contributed by atoms with Crippen molar-refractivity contribution < 1.29 is 9.63 Å². The van der Waals surface area contributed by atoms with E-state index in [-0.39, 0.29) is 0 Å².